The standard InChI is InChI=1S/C21H18N4O3/c1-27-16-10-6-9-15(13-16)20(26)23-21-22-19-18(28-2)12-11-17(25(19)24-21)14-7-4-3-5-8-14/h3-13H,1-2H3,(H,23,24,26). The van der Waals surface area contributed by atoms with E-state index >= 15 is 0 Å². The first-order valence-electron chi connectivity index (χ1n) is 8.64. The molecule has 2 aromatic heterocycles. The molecule has 0 aliphatic carbocycles. The van der Waals surface area contributed by atoms with Crippen LogP contribution in [0, 0.1) is 0 Å². The van der Waals surface area contributed by atoms with E-state index in [-0.39, 0.29) is 11.9 Å². The van der Waals surface area contributed by atoms with E-state index < -0.39 is 0 Å². The Morgan fingerprint density at radius 2 is 1.79 bits per heavy atom. The van der Waals surface area contributed by atoms with Crippen LogP contribution < -0.4 is 14.8 Å². The molecule has 0 saturated heterocycles. The van der Waals surface area contributed by atoms with E-state index in [1.807, 2.05) is 42.5 Å². The molecule has 1 N–H and O–H groups in total. The zero-order chi connectivity index (χ0) is 19.5. The van der Waals surface area contributed by atoms with E-state index in [9.17, 15) is 4.79 Å². The van der Waals surface area contributed by atoms with E-state index in [4.69, 9.17) is 9.47 Å². The van der Waals surface area contributed by atoms with Crippen molar-refractivity contribution >= 4 is 17.5 Å². The minimum Gasteiger partial charge on any atom is -0.497 e. The molecule has 140 valence electrons. The van der Waals surface area contributed by atoms with Crippen molar-refractivity contribution in [2.24, 2.45) is 0 Å². The fourth-order valence-corrected chi connectivity index (χ4v) is 2.92. The molecule has 0 aliphatic rings. The Morgan fingerprint density at radius 3 is 2.54 bits per heavy atom. The molecule has 4 rings (SSSR count). The number of methoxy groups -OCH3 is 2. The minimum absolute atomic E-state index is 0.189. The van der Waals surface area contributed by atoms with Gasteiger partial charge in [-0.15, -0.1) is 5.10 Å². The summed E-state index contributed by atoms with van der Waals surface area (Å²) < 4.78 is 12.2. The molecule has 2 heterocycles. The average molecular weight is 374 g/mol. The lowest BCUT2D eigenvalue weighted by atomic mass is 10.1. The van der Waals surface area contributed by atoms with Gasteiger partial charge in [-0.1, -0.05) is 36.4 Å². The summed E-state index contributed by atoms with van der Waals surface area (Å²) in [5.41, 5.74) is 2.79. The van der Waals surface area contributed by atoms with Gasteiger partial charge in [0.2, 0.25) is 5.95 Å². The lowest BCUT2D eigenvalue weighted by Gasteiger charge is -2.06. The van der Waals surface area contributed by atoms with Gasteiger partial charge in [-0.05, 0) is 30.3 Å². The summed E-state index contributed by atoms with van der Waals surface area (Å²) in [5.74, 6) is 1.03. The molecule has 0 radical (unpaired) electrons. The maximum absolute atomic E-state index is 12.6. The van der Waals surface area contributed by atoms with Gasteiger partial charge in [0, 0.05) is 11.1 Å². The highest BCUT2D eigenvalue weighted by molar-refractivity contribution is 6.03. The van der Waals surface area contributed by atoms with E-state index in [2.05, 4.69) is 15.4 Å². The number of pyridine rings is 1. The highest BCUT2D eigenvalue weighted by Gasteiger charge is 2.16. The van der Waals surface area contributed by atoms with E-state index in [0.29, 0.717) is 22.7 Å². The number of hydrogen-bond acceptors (Lipinski definition) is 5. The number of ether oxygens (including phenoxy) is 2. The first-order valence-corrected chi connectivity index (χ1v) is 8.64. The Kier molecular flexibility index (Phi) is 4.63. The van der Waals surface area contributed by atoms with Crippen LogP contribution in [-0.2, 0) is 0 Å². The van der Waals surface area contributed by atoms with Crippen molar-refractivity contribution in [3.63, 3.8) is 0 Å². The van der Waals surface area contributed by atoms with Crippen molar-refractivity contribution in [1.29, 1.82) is 0 Å². The van der Waals surface area contributed by atoms with E-state index in [1.165, 1.54) is 0 Å². The van der Waals surface area contributed by atoms with Gasteiger partial charge in [-0.25, -0.2) is 4.52 Å². The number of anilines is 1. The number of benzene rings is 2. The first kappa shape index (κ1) is 17.5. The third-order valence-corrected chi connectivity index (χ3v) is 4.30. The van der Waals surface area contributed by atoms with Crippen LogP contribution >= 0.6 is 0 Å². The number of hydrogen-bond donors (Lipinski definition) is 1. The maximum atomic E-state index is 12.6. The summed E-state index contributed by atoms with van der Waals surface area (Å²) in [4.78, 5) is 17.0. The fraction of sp³-hybridized carbons (Fsp3) is 0.0952. The Labute approximate surface area is 161 Å². The molecule has 28 heavy (non-hydrogen) atoms. The molecule has 1 amide bonds. The molecule has 0 unspecified atom stereocenters. The zero-order valence-corrected chi connectivity index (χ0v) is 15.4. The van der Waals surface area contributed by atoms with Crippen LogP contribution in [0.1, 0.15) is 10.4 Å². The van der Waals surface area contributed by atoms with Crippen molar-refractivity contribution in [3.8, 4) is 22.8 Å². The normalized spacial score (nSPS) is 10.6. The summed E-state index contributed by atoms with van der Waals surface area (Å²) in [5, 5.41) is 7.20. The summed E-state index contributed by atoms with van der Waals surface area (Å²) >= 11 is 0. The van der Waals surface area contributed by atoms with E-state index in [0.717, 1.165) is 11.3 Å². The summed E-state index contributed by atoms with van der Waals surface area (Å²) in [6.07, 6.45) is 0. The molecule has 0 saturated carbocycles. The molecule has 7 heteroatoms. The molecule has 0 bridgehead atoms. The Bertz CT molecular complexity index is 1140. The van der Waals surface area contributed by atoms with Crippen molar-refractivity contribution in [2.75, 3.05) is 19.5 Å². The summed E-state index contributed by atoms with van der Waals surface area (Å²) in [7, 11) is 3.12. The van der Waals surface area contributed by atoms with Crippen LogP contribution in [0.2, 0.25) is 0 Å². The second kappa shape index (κ2) is 7.40. The molecular weight excluding hydrogens is 356 g/mol. The van der Waals surface area contributed by atoms with Gasteiger partial charge >= 0.3 is 0 Å². The topological polar surface area (TPSA) is 77.8 Å². The van der Waals surface area contributed by atoms with Gasteiger partial charge in [-0.2, -0.15) is 4.98 Å². The second-order valence-electron chi connectivity index (χ2n) is 6.01. The second-order valence-corrected chi connectivity index (χ2v) is 6.01. The van der Waals surface area contributed by atoms with Crippen molar-refractivity contribution in [3.05, 3.63) is 72.3 Å². The van der Waals surface area contributed by atoms with Crippen molar-refractivity contribution < 1.29 is 14.3 Å². The Hall–Kier alpha value is -3.87. The highest BCUT2D eigenvalue weighted by atomic mass is 16.5. The van der Waals surface area contributed by atoms with Crippen LogP contribution in [0.15, 0.2) is 66.7 Å². The zero-order valence-electron chi connectivity index (χ0n) is 15.4. The van der Waals surface area contributed by atoms with Crippen LogP contribution in [0.4, 0.5) is 5.95 Å². The molecule has 0 aliphatic heterocycles. The third-order valence-electron chi connectivity index (χ3n) is 4.30. The molecule has 4 aromatic rings. The number of nitrogens with zero attached hydrogens (tertiary/aromatic N) is 3. The molecular formula is C21H18N4O3. The molecule has 0 fully saturated rings. The van der Waals surface area contributed by atoms with Crippen LogP contribution in [0.3, 0.4) is 0 Å². The number of carbonyl (C=O) groups is 1. The predicted octanol–water partition coefficient (Wildman–Crippen LogP) is 3.67. The van der Waals surface area contributed by atoms with Crippen LogP contribution in [0.25, 0.3) is 16.9 Å². The molecule has 7 nitrogen and oxygen atoms in total. The molecule has 0 spiro atoms. The summed E-state index contributed by atoms with van der Waals surface area (Å²) in [6, 6.07) is 20.4. The van der Waals surface area contributed by atoms with Gasteiger partial charge in [0.1, 0.15) is 5.75 Å². The quantitative estimate of drug-likeness (QED) is 0.577. The van der Waals surface area contributed by atoms with Gasteiger partial charge < -0.3 is 9.47 Å². The highest BCUT2D eigenvalue weighted by Crippen LogP contribution is 2.27. The number of nitrogens with one attached hydrogen (secondary N) is 1. The first-order chi connectivity index (χ1) is 13.7. The molecule has 0 atom stereocenters. The third kappa shape index (κ3) is 3.25. The van der Waals surface area contributed by atoms with Crippen LogP contribution in [-0.4, -0.2) is 34.7 Å². The monoisotopic (exact) mass is 374 g/mol. The largest absolute Gasteiger partial charge is 0.497 e. The Balaban J connectivity index is 1.73. The smallest absolute Gasteiger partial charge is 0.258 e. The van der Waals surface area contributed by atoms with Gasteiger partial charge in [-0.3, -0.25) is 10.1 Å². The number of aromatic nitrogens is 3. The lowest BCUT2D eigenvalue weighted by molar-refractivity contribution is 0.102. The minimum atomic E-state index is -0.324. The number of rotatable bonds is 5. The average Bonchev–Trinajstić information content (AvgIpc) is 3.17. The fourth-order valence-electron chi connectivity index (χ4n) is 2.92. The Morgan fingerprint density at radius 1 is 0.964 bits per heavy atom. The molecule has 2 aromatic carbocycles. The summed E-state index contributed by atoms with van der Waals surface area (Å²) in [6.45, 7) is 0. The van der Waals surface area contributed by atoms with Gasteiger partial charge in [0.15, 0.2) is 11.4 Å². The van der Waals surface area contributed by atoms with Crippen molar-refractivity contribution in [2.45, 2.75) is 0 Å². The predicted molar refractivity (Wildman–Crippen MR) is 106 cm³/mol. The van der Waals surface area contributed by atoms with Crippen LogP contribution in [0.5, 0.6) is 11.5 Å². The van der Waals surface area contributed by atoms with E-state index in [1.54, 1.807) is 43.0 Å². The SMILES string of the molecule is COc1cccc(C(=O)Nc2nc3c(OC)ccc(-c4ccccc4)n3n2)c1. The van der Waals surface area contributed by atoms with Crippen molar-refractivity contribution in [1.82, 2.24) is 14.6 Å². The number of carbonyl (C=O) groups excluding carboxylic acids is 1. The number of amides is 1. The number of fused-ring (bicyclic) bond motifs is 1. The maximum Gasteiger partial charge on any atom is 0.258 e. The van der Waals surface area contributed by atoms with Gasteiger partial charge in [0.25, 0.3) is 5.91 Å². The lowest BCUT2D eigenvalue weighted by Crippen LogP contribution is -2.13. The van der Waals surface area contributed by atoms with Gasteiger partial charge in [0.05, 0.1) is 19.9 Å².